The van der Waals surface area contributed by atoms with Gasteiger partial charge in [-0.15, -0.1) is 0 Å². The van der Waals surface area contributed by atoms with E-state index in [2.05, 4.69) is 5.32 Å². The maximum absolute atomic E-state index is 14.4. The van der Waals surface area contributed by atoms with Crippen LogP contribution in [0.5, 0.6) is 0 Å². The third-order valence-electron chi connectivity index (χ3n) is 4.16. The van der Waals surface area contributed by atoms with Crippen LogP contribution >= 0.6 is 0 Å². The first-order chi connectivity index (χ1) is 8.42. The van der Waals surface area contributed by atoms with Crippen LogP contribution in [0.25, 0.3) is 0 Å². The Morgan fingerprint density at radius 2 is 1.94 bits per heavy atom. The summed E-state index contributed by atoms with van der Waals surface area (Å²) in [5.74, 6) is -2.61. The van der Waals surface area contributed by atoms with E-state index in [0.29, 0.717) is 0 Å². The van der Waals surface area contributed by atoms with Gasteiger partial charge in [-0.2, -0.15) is 0 Å². The number of aryl methyl sites for hydroxylation is 1. The van der Waals surface area contributed by atoms with Gasteiger partial charge in [-0.1, -0.05) is 12.1 Å². The lowest BCUT2D eigenvalue weighted by atomic mass is 9.90. The quantitative estimate of drug-likeness (QED) is 0.866. The minimum absolute atomic E-state index is 0.0384. The van der Waals surface area contributed by atoms with Crippen LogP contribution in [0.2, 0.25) is 0 Å². The van der Waals surface area contributed by atoms with Crippen LogP contribution in [0.4, 0.5) is 8.78 Å². The lowest BCUT2D eigenvalue weighted by molar-refractivity contribution is -0.0274. The van der Waals surface area contributed by atoms with Crippen LogP contribution in [0, 0.1) is 26.7 Å². The van der Waals surface area contributed by atoms with Crippen molar-refractivity contribution in [1.82, 2.24) is 5.32 Å². The Balaban J connectivity index is 2.25. The van der Waals surface area contributed by atoms with Gasteiger partial charge in [0, 0.05) is 12.0 Å². The van der Waals surface area contributed by atoms with Crippen molar-refractivity contribution >= 4 is 0 Å². The number of halogens is 2. The zero-order chi connectivity index (χ0) is 13.3. The van der Waals surface area contributed by atoms with Crippen molar-refractivity contribution < 1.29 is 8.78 Å². The standard InChI is InChI=1S/C15H21F2N/c1-10-4-5-14(12(3)11(10)2)15(16,17)8-13-6-7-18-9-13/h4-5,13,18H,6-9H2,1-3H3. The number of hydrogen-bond acceptors (Lipinski definition) is 1. The SMILES string of the molecule is Cc1ccc(C(F)(F)CC2CCNC2)c(C)c1C. The van der Waals surface area contributed by atoms with Crippen LogP contribution < -0.4 is 5.32 Å². The van der Waals surface area contributed by atoms with E-state index in [4.69, 9.17) is 0 Å². The molecule has 0 amide bonds. The summed E-state index contributed by atoms with van der Waals surface area (Å²) in [7, 11) is 0. The highest BCUT2D eigenvalue weighted by molar-refractivity contribution is 5.40. The third-order valence-corrected chi connectivity index (χ3v) is 4.16. The van der Waals surface area contributed by atoms with Gasteiger partial charge in [0.25, 0.3) is 5.92 Å². The molecule has 1 nitrogen and oxygen atoms in total. The number of rotatable bonds is 3. The summed E-state index contributed by atoms with van der Waals surface area (Å²) in [5, 5.41) is 3.15. The maximum Gasteiger partial charge on any atom is 0.273 e. The zero-order valence-electron chi connectivity index (χ0n) is 11.3. The summed E-state index contributed by atoms with van der Waals surface area (Å²) < 4.78 is 28.7. The predicted molar refractivity (Wildman–Crippen MR) is 70.1 cm³/mol. The van der Waals surface area contributed by atoms with Gasteiger partial charge in [0.05, 0.1) is 0 Å². The predicted octanol–water partition coefficient (Wildman–Crippen LogP) is 3.70. The summed E-state index contributed by atoms with van der Waals surface area (Å²) in [6.07, 6.45) is 0.822. The van der Waals surface area contributed by atoms with Crippen LogP contribution in [-0.4, -0.2) is 13.1 Å². The minimum atomic E-state index is -2.71. The molecule has 0 aliphatic carbocycles. The molecular formula is C15H21F2N. The van der Waals surface area contributed by atoms with E-state index < -0.39 is 5.92 Å². The fourth-order valence-electron chi connectivity index (χ4n) is 2.71. The second-order valence-electron chi connectivity index (χ2n) is 5.45. The third kappa shape index (κ3) is 2.56. The Hall–Kier alpha value is -0.960. The average molecular weight is 253 g/mol. The number of alkyl halides is 2. The van der Waals surface area contributed by atoms with E-state index in [1.54, 1.807) is 19.1 Å². The van der Waals surface area contributed by atoms with Crippen LogP contribution in [-0.2, 0) is 5.92 Å². The number of benzene rings is 1. The van der Waals surface area contributed by atoms with Crippen molar-refractivity contribution in [3.63, 3.8) is 0 Å². The van der Waals surface area contributed by atoms with E-state index >= 15 is 0 Å². The number of nitrogens with one attached hydrogen (secondary N) is 1. The van der Waals surface area contributed by atoms with Crippen molar-refractivity contribution in [2.45, 2.75) is 39.5 Å². The van der Waals surface area contributed by atoms with E-state index in [9.17, 15) is 8.78 Å². The van der Waals surface area contributed by atoms with E-state index in [0.717, 1.165) is 36.2 Å². The molecule has 18 heavy (non-hydrogen) atoms. The summed E-state index contributed by atoms with van der Waals surface area (Å²) in [6, 6.07) is 3.40. The highest BCUT2D eigenvalue weighted by atomic mass is 19.3. The van der Waals surface area contributed by atoms with Gasteiger partial charge in [0.2, 0.25) is 0 Å². The second kappa shape index (κ2) is 4.96. The highest BCUT2D eigenvalue weighted by Crippen LogP contribution is 2.39. The first-order valence-electron chi connectivity index (χ1n) is 6.57. The highest BCUT2D eigenvalue weighted by Gasteiger charge is 2.37. The topological polar surface area (TPSA) is 12.0 Å². The van der Waals surface area contributed by atoms with Crippen LogP contribution in [0.3, 0.4) is 0 Å². The molecule has 0 spiro atoms. The molecule has 1 N–H and O–H groups in total. The molecule has 1 unspecified atom stereocenters. The van der Waals surface area contributed by atoms with Crippen molar-refractivity contribution in [3.8, 4) is 0 Å². The molecule has 0 bridgehead atoms. The van der Waals surface area contributed by atoms with Gasteiger partial charge >= 0.3 is 0 Å². The Bertz CT molecular complexity index is 434. The maximum atomic E-state index is 14.4. The van der Waals surface area contributed by atoms with Gasteiger partial charge in [-0.25, -0.2) is 8.78 Å². The van der Waals surface area contributed by atoms with Gasteiger partial charge in [-0.05, 0) is 62.9 Å². The molecule has 1 fully saturated rings. The van der Waals surface area contributed by atoms with Crippen molar-refractivity contribution in [1.29, 1.82) is 0 Å². The van der Waals surface area contributed by atoms with Gasteiger partial charge < -0.3 is 5.32 Å². The van der Waals surface area contributed by atoms with Crippen molar-refractivity contribution in [2.24, 2.45) is 5.92 Å². The molecule has 3 heteroatoms. The second-order valence-corrected chi connectivity index (χ2v) is 5.45. The fraction of sp³-hybridized carbons (Fsp3) is 0.600. The molecule has 100 valence electrons. The van der Waals surface area contributed by atoms with E-state index in [1.165, 1.54) is 0 Å². The average Bonchev–Trinajstić information content (AvgIpc) is 2.77. The molecule has 1 heterocycles. The Morgan fingerprint density at radius 3 is 2.56 bits per heavy atom. The molecule has 1 atom stereocenters. The van der Waals surface area contributed by atoms with E-state index in [-0.39, 0.29) is 17.9 Å². The fourth-order valence-corrected chi connectivity index (χ4v) is 2.71. The van der Waals surface area contributed by atoms with Crippen LogP contribution in [0.15, 0.2) is 12.1 Å². The monoisotopic (exact) mass is 253 g/mol. The van der Waals surface area contributed by atoms with Gasteiger partial charge in [0.15, 0.2) is 0 Å². The van der Waals surface area contributed by atoms with Gasteiger partial charge in [0.1, 0.15) is 0 Å². The Labute approximate surface area is 108 Å². The summed E-state index contributed by atoms with van der Waals surface area (Å²) >= 11 is 0. The lowest BCUT2D eigenvalue weighted by Crippen LogP contribution is -2.22. The molecule has 2 rings (SSSR count). The Morgan fingerprint density at radius 1 is 1.22 bits per heavy atom. The van der Waals surface area contributed by atoms with Crippen molar-refractivity contribution in [2.75, 3.05) is 13.1 Å². The molecule has 1 aromatic carbocycles. The Kier molecular flexibility index (Phi) is 3.71. The normalized spacial score (nSPS) is 20.4. The number of hydrogen-bond donors (Lipinski definition) is 1. The molecular weight excluding hydrogens is 232 g/mol. The molecule has 0 saturated carbocycles. The molecule has 1 saturated heterocycles. The van der Waals surface area contributed by atoms with E-state index in [1.807, 2.05) is 13.8 Å². The van der Waals surface area contributed by atoms with Gasteiger partial charge in [-0.3, -0.25) is 0 Å². The molecule has 1 aliphatic heterocycles. The summed E-state index contributed by atoms with van der Waals surface area (Å²) in [6.45, 7) is 7.27. The first-order valence-corrected chi connectivity index (χ1v) is 6.57. The first kappa shape index (κ1) is 13.5. The zero-order valence-corrected chi connectivity index (χ0v) is 11.3. The van der Waals surface area contributed by atoms with Crippen LogP contribution in [0.1, 0.15) is 35.1 Å². The summed E-state index contributed by atoms with van der Waals surface area (Å²) in [4.78, 5) is 0. The lowest BCUT2D eigenvalue weighted by Gasteiger charge is -2.23. The molecule has 0 aromatic heterocycles. The summed E-state index contributed by atoms with van der Waals surface area (Å²) in [5.41, 5.74) is 3.01. The van der Waals surface area contributed by atoms with Crippen molar-refractivity contribution in [3.05, 3.63) is 34.4 Å². The molecule has 1 aromatic rings. The largest absolute Gasteiger partial charge is 0.316 e. The minimum Gasteiger partial charge on any atom is -0.316 e. The molecule has 0 radical (unpaired) electrons. The smallest absolute Gasteiger partial charge is 0.273 e. The molecule has 1 aliphatic rings.